The van der Waals surface area contributed by atoms with Gasteiger partial charge in [-0.2, -0.15) is 0 Å². The Morgan fingerprint density at radius 3 is 2.46 bits per heavy atom. The van der Waals surface area contributed by atoms with E-state index in [2.05, 4.69) is 5.32 Å². The van der Waals surface area contributed by atoms with Crippen LogP contribution in [0.2, 0.25) is 0 Å². The van der Waals surface area contributed by atoms with Crippen LogP contribution in [0.5, 0.6) is 23.0 Å². The summed E-state index contributed by atoms with van der Waals surface area (Å²) in [7, 11) is 0. The Labute approximate surface area is 166 Å². The Morgan fingerprint density at radius 2 is 1.68 bits per heavy atom. The minimum absolute atomic E-state index is 0.101. The quantitative estimate of drug-likeness (QED) is 0.606. The van der Waals surface area contributed by atoms with Gasteiger partial charge in [0, 0.05) is 22.9 Å². The zero-order chi connectivity index (χ0) is 19.5. The van der Waals surface area contributed by atoms with Crippen LogP contribution in [0.25, 0.3) is 0 Å². The summed E-state index contributed by atoms with van der Waals surface area (Å²) in [5, 5.41) is 2.79. The Balaban J connectivity index is 1.43. The number of ether oxygens (including phenoxy) is 4. The molecule has 0 saturated heterocycles. The summed E-state index contributed by atoms with van der Waals surface area (Å²) in [4.78, 5) is 25.2. The van der Waals surface area contributed by atoms with Crippen LogP contribution in [0, 0.1) is 0 Å². The molecule has 1 amide bonds. The van der Waals surface area contributed by atoms with Crippen LogP contribution in [-0.4, -0.2) is 37.4 Å². The summed E-state index contributed by atoms with van der Waals surface area (Å²) in [6.07, 6.45) is 0.841. The number of rotatable bonds is 5. The zero-order valence-corrected chi connectivity index (χ0v) is 16.1. The van der Waals surface area contributed by atoms with Crippen molar-refractivity contribution >= 4 is 29.1 Å². The second-order valence-corrected chi connectivity index (χ2v) is 7.35. The number of ketones is 1. The number of hydrogen-bond acceptors (Lipinski definition) is 7. The van der Waals surface area contributed by atoms with Gasteiger partial charge in [-0.25, -0.2) is 0 Å². The topological polar surface area (TPSA) is 83.1 Å². The molecule has 0 spiro atoms. The molecular weight excluding hydrogens is 382 g/mol. The number of hydrogen-bond donors (Lipinski definition) is 1. The number of thioether (sulfide) groups is 1. The molecule has 0 aromatic heterocycles. The number of carbonyl (C=O) groups excluding carboxylic acids is 2. The summed E-state index contributed by atoms with van der Waals surface area (Å²) < 4.78 is 21.9. The van der Waals surface area contributed by atoms with Crippen molar-refractivity contribution in [2.24, 2.45) is 0 Å². The average Bonchev–Trinajstić information content (AvgIpc) is 3.00. The fourth-order valence-electron chi connectivity index (χ4n) is 2.91. The fraction of sp³-hybridized carbons (Fsp3) is 0.300. The third kappa shape index (κ3) is 4.01. The van der Waals surface area contributed by atoms with Crippen molar-refractivity contribution in [2.45, 2.75) is 18.2 Å². The van der Waals surface area contributed by atoms with Gasteiger partial charge in [-0.3, -0.25) is 9.59 Å². The number of fused-ring (bicyclic) bond motifs is 2. The molecule has 2 heterocycles. The lowest BCUT2D eigenvalue weighted by Gasteiger charge is -2.11. The maximum Gasteiger partial charge on any atom is 0.234 e. The predicted molar refractivity (Wildman–Crippen MR) is 104 cm³/mol. The smallest absolute Gasteiger partial charge is 0.234 e. The normalized spacial score (nSPS) is 14.3. The van der Waals surface area contributed by atoms with Crippen LogP contribution in [0.4, 0.5) is 5.69 Å². The van der Waals surface area contributed by atoms with Gasteiger partial charge >= 0.3 is 0 Å². The molecule has 0 saturated carbocycles. The molecule has 7 nitrogen and oxygen atoms in total. The van der Waals surface area contributed by atoms with E-state index in [4.69, 9.17) is 18.9 Å². The Hall–Kier alpha value is -2.87. The lowest BCUT2D eigenvalue weighted by molar-refractivity contribution is -0.113. The standard InChI is InChI=1S/C20H19NO6S/c1-12(22)14-8-18-19(27-11-26-18)9-15(14)21-20(23)10-28-13-3-4-16-17(7-13)25-6-2-5-24-16/h3-4,7-9H,2,5-6,10-11H2,1H3,(H,21,23). The zero-order valence-electron chi connectivity index (χ0n) is 15.3. The maximum atomic E-state index is 12.4. The van der Waals surface area contributed by atoms with Gasteiger partial charge in [0.1, 0.15) is 0 Å². The van der Waals surface area contributed by atoms with Gasteiger partial charge in [-0.05, 0) is 31.2 Å². The molecule has 0 unspecified atom stereocenters. The van der Waals surface area contributed by atoms with E-state index < -0.39 is 0 Å². The summed E-state index contributed by atoms with van der Waals surface area (Å²) in [6.45, 7) is 2.79. The Bertz CT molecular complexity index is 929. The molecule has 146 valence electrons. The van der Waals surface area contributed by atoms with Crippen LogP contribution < -0.4 is 24.3 Å². The van der Waals surface area contributed by atoms with E-state index in [0.717, 1.165) is 17.1 Å². The molecule has 28 heavy (non-hydrogen) atoms. The first-order valence-electron chi connectivity index (χ1n) is 8.87. The number of carbonyl (C=O) groups is 2. The predicted octanol–water partition coefficient (Wildman–Crippen LogP) is 3.51. The second kappa shape index (κ2) is 8.02. The van der Waals surface area contributed by atoms with Crippen molar-refractivity contribution in [1.82, 2.24) is 0 Å². The van der Waals surface area contributed by atoms with Crippen LogP contribution >= 0.6 is 11.8 Å². The third-order valence-corrected chi connectivity index (χ3v) is 5.25. The molecule has 0 aliphatic carbocycles. The van der Waals surface area contributed by atoms with Gasteiger partial charge in [0.2, 0.25) is 12.7 Å². The van der Waals surface area contributed by atoms with Crippen molar-refractivity contribution < 1.29 is 28.5 Å². The minimum Gasteiger partial charge on any atom is -0.490 e. The minimum atomic E-state index is -0.224. The van der Waals surface area contributed by atoms with E-state index in [-0.39, 0.29) is 24.2 Å². The van der Waals surface area contributed by atoms with E-state index in [0.29, 0.717) is 41.7 Å². The molecule has 2 aromatic rings. The van der Waals surface area contributed by atoms with Crippen molar-refractivity contribution in [1.29, 1.82) is 0 Å². The van der Waals surface area contributed by atoms with Crippen molar-refractivity contribution in [3.63, 3.8) is 0 Å². The molecule has 2 aliphatic heterocycles. The highest BCUT2D eigenvalue weighted by Crippen LogP contribution is 2.38. The van der Waals surface area contributed by atoms with Gasteiger partial charge in [-0.15, -0.1) is 11.8 Å². The lowest BCUT2D eigenvalue weighted by atomic mass is 10.1. The van der Waals surface area contributed by atoms with E-state index >= 15 is 0 Å². The Kier molecular flexibility index (Phi) is 5.29. The summed E-state index contributed by atoms with van der Waals surface area (Å²) in [5.74, 6) is 2.23. The molecule has 2 aliphatic rings. The molecule has 2 aromatic carbocycles. The van der Waals surface area contributed by atoms with E-state index in [9.17, 15) is 9.59 Å². The van der Waals surface area contributed by atoms with Gasteiger partial charge in [0.25, 0.3) is 0 Å². The van der Waals surface area contributed by atoms with Crippen molar-refractivity contribution in [3.05, 3.63) is 35.9 Å². The maximum absolute atomic E-state index is 12.4. The second-order valence-electron chi connectivity index (χ2n) is 6.30. The SMILES string of the molecule is CC(=O)c1cc2c(cc1NC(=O)CSc1ccc3c(c1)OCCCO3)OCO2. The molecule has 1 N–H and O–H groups in total. The highest BCUT2D eigenvalue weighted by atomic mass is 32.2. The molecule has 0 bridgehead atoms. The first-order chi connectivity index (χ1) is 13.6. The van der Waals surface area contributed by atoms with Crippen LogP contribution in [0.3, 0.4) is 0 Å². The highest BCUT2D eigenvalue weighted by molar-refractivity contribution is 8.00. The largest absolute Gasteiger partial charge is 0.490 e. The van der Waals surface area contributed by atoms with Crippen LogP contribution in [-0.2, 0) is 4.79 Å². The first kappa shape index (κ1) is 18.5. The average molecular weight is 401 g/mol. The summed E-state index contributed by atoms with van der Waals surface area (Å²) in [5.41, 5.74) is 0.805. The first-order valence-corrected chi connectivity index (χ1v) is 9.85. The van der Waals surface area contributed by atoms with Gasteiger partial charge in [0.05, 0.1) is 24.7 Å². The van der Waals surface area contributed by atoms with Crippen molar-refractivity contribution in [3.8, 4) is 23.0 Å². The molecule has 8 heteroatoms. The van der Waals surface area contributed by atoms with Gasteiger partial charge < -0.3 is 24.3 Å². The van der Waals surface area contributed by atoms with E-state index in [1.165, 1.54) is 18.7 Å². The summed E-state index contributed by atoms with van der Waals surface area (Å²) in [6, 6.07) is 8.84. The lowest BCUT2D eigenvalue weighted by Crippen LogP contribution is -2.16. The number of benzene rings is 2. The highest BCUT2D eigenvalue weighted by Gasteiger charge is 2.20. The number of nitrogens with one attached hydrogen (secondary N) is 1. The third-order valence-electron chi connectivity index (χ3n) is 4.26. The van der Waals surface area contributed by atoms with Crippen LogP contribution in [0.15, 0.2) is 35.2 Å². The van der Waals surface area contributed by atoms with E-state index in [1.807, 2.05) is 18.2 Å². The van der Waals surface area contributed by atoms with Gasteiger partial charge in [-0.1, -0.05) is 0 Å². The molecule has 0 atom stereocenters. The number of anilines is 1. The number of Topliss-reactive ketones (excluding diaryl/α,β-unsaturated/α-hetero) is 1. The van der Waals surface area contributed by atoms with E-state index in [1.54, 1.807) is 12.1 Å². The monoisotopic (exact) mass is 401 g/mol. The summed E-state index contributed by atoms with van der Waals surface area (Å²) >= 11 is 1.38. The number of amides is 1. The van der Waals surface area contributed by atoms with Crippen LogP contribution in [0.1, 0.15) is 23.7 Å². The molecule has 4 rings (SSSR count). The Morgan fingerprint density at radius 1 is 0.964 bits per heavy atom. The van der Waals surface area contributed by atoms with Crippen molar-refractivity contribution in [2.75, 3.05) is 31.1 Å². The molecular formula is C20H19NO6S. The molecule has 0 fully saturated rings. The molecule has 0 radical (unpaired) electrons. The van der Waals surface area contributed by atoms with Gasteiger partial charge in [0.15, 0.2) is 28.8 Å². The fourth-order valence-corrected chi connectivity index (χ4v) is 3.63.